The fraction of sp³-hybridized carbons (Fsp3) is 0.333. The Balaban J connectivity index is 2.30. The minimum atomic E-state index is 0.621. The van der Waals surface area contributed by atoms with E-state index in [1.54, 1.807) is 5.57 Å². The Morgan fingerprint density at radius 1 is 1.42 bits per heavy atom. The first kappa shape index (κ1) is 7.60. The van der Waals surface area contributed by atoms with Crippen molar-refractivity contribution in [1.29, 1.82) is 0 Å². The number of allylic oxidation sites excluding steroid dienone is 8. The minimum absolute atomic E-state index is 0.621. The van der Waals surface area contributed by atoms with Crippen molar-refractivity contribution in [3.05, 3.63) is 47.1 Å². The second-order valence-corrected chi connectivity index (χ2v) is 3.57. The molecule has 0 aromatic rings. The lowest BCUT2D eigenvalue weighted by atomic mass is 9.94. The molecule has 12 heavy (non-hydrogen) atoms. The summed E-state index contributed by atoms with van der Waals surface area (Å²) < 4.78 is 0. The first-order valence-corrected chi connectivity index (χ1v) is 4.54. The Morgan fingerprint density at radius 3 is 2.75 bits per heavy atom. The molecule has 0 N–H and O–H groups in total. The highest BCUT2D eigenvalue weighted by atomic mass is 14.2. The van der Waals surface area contributed by atoms with Crippen molar-refractivity contribution in [3.8, 4) is 0 Å². The van der Waals surface area contributed by atoms with Gasteiger partial charge in [0.05, 0.1) is 0 Å². The van der Waals surface area contributed by atoms with Gasteiger partial charge in [-0.2, -0.15) is 0 Å². The molecule has 0 fully saturated rings. The van der Waals surface area contributed by atoms with Crippen LogP contribution in [0, 0.1) is 5.92 Å². The predicted octanol–water partition coefficient (Wildman–Crippen LogP) is 3.40. The third-order valence-corrected chi connectivity index (χ3v) is 2.63. The summed E-state index contributed by atoms with van der Waals surface area (Å²) in [6, 6.07) is 0. The van der Waals surface area contributed by atoms with Gasteiger partial charge in [-0.15, -0.1) is 0 Å². The molecule has 0 heteroatoms. The molecule has 2 aliphatic carbocycles. The van der Waals surface area contributed by atoms with E-state index in [9.17, 15) is 0 Å². The number of rotatable bonds is 1. The van der Waals surface area contributed by atoms with E-state index in [-0.39, 0.29) is 0 Å². The molecule has 0 nitrogen and oxygen atoms in total. The minimum Gasteiger partial charge on any atom is -0.0801 e. The van der Waals surface area contributed by atoms with Crippen molar-refractivity contribution in [1.82, 2.24) is 0 Å². The topological polar surface area (TPSA) is 0 Å². The average Bonchev–Trinajstić information content (AvgIpc) is 2.61. The predicted molar refractivity (Wildman–Crippen MR) is 52.8 cm³/mol. The van der Waals surface area contributed by atoms with Crippen LogP contribution < -0.4 is 0 Å². The monoisotopic (exact) mass is 158 g/mol. The third-order valence-electron chi connectivity index (χ3n) is 2.63. The van der Waals surface area contributed by atoms with E-state index < -0.39 is 0 Å². The van der Waals surface area contributed by atoms with Gasteiger partial charge < -0.3 is 0 Å². The van der Waals surface area contributed by atoms with Gasteiger partial charge in [-0.05, 0) is 36.0 Å². The van der Waals surface area contributed by atoms with E-state index >= 15 is 0 Å². The van der Waals surface area contributed by atoms with Gasteiger partial charge in [-0.25, -0.2) is 0 Å². The fourth-order valence-electron chi connectivity index (χ4n) is 2.03. The normalized spacial score (nSPS) is 27.2. The summed E-state index contributed by atoms with van der Waals surface area (Å²) in [5, 5.41) is 0. The van der Waals surface area contributed by atoms with Gasteiger partial charge in [0.15, 0.2) is 0 Å². The Kier molecular flexibility index (Phi) is 1.76. The highest BCUT2D eigenvalue weighted by Gasteiger charge is 2.17. The maximum Gasteiger partial charge on any atom is -0.000176 e. The van der Waals surface area contributed by atoms with Crippen LogP contribution in [0.25, 0.3) is 0 Å². The molecule has 1 atom stereocenters. The van der Waals surface area contributed by atoms with E-state index in [1.807, 2.05) is 0 Å². The Labute approximate surface area is 74.0 Å². The van der Waals surface area contributed by atoms with Gasteiger partial charge in [0.25, 0.3) is 0 Å². The molecule has 0 aliphatic heterocycles. The van der Waals surface area contributed by atoms with Crippen LogP contribution in [-0.2, 0) is 0 Å². The average molecular weight is 158 g/mol. The SMILES string of the molecule is CC1=C(C2=CC=CC2)C(C)C=C1. The van der Waals surface area contributed by atoms with Gasteiger partial charge in [-0.3, -0.25) is 0 Å². The molecule has 0 heterocycles. The maximum atomic E-state index is 2.28. The van der Waals surface area contributed by atoms with Crippen molar-refractivity contribution in [3.63, 3.8) is 0 Å². The van der Waals surface area contributed by atoms with Crippen molar-refractivity contribution in [2.45, 2.75) is 20.3 Å². The molecule has 62 valence electrons. The van der Waals surface area contributed by atoms with E-state index in [0.29, 0.717) is 5.92 Å². The lowest BCUT2D eigenvalue weighted by molar-refractivity contribution is 0.877. The van der Waals surface area contributed by atoms with Crippen LogP contribution in [0.15, 0.2) is 47.1 Å². The number of hydrogen-bond acceptors (Lipinski definition) is 0. The second-order valence-electron chi connectivity index (χ2n) is 3.57. The van der Waals surface area contributed by atoms with Crippen LogP contribution in [0.4, 0.5) is 0 Å². The Morgan fingerprint density at radius 2 is 2.25 bits per heavy atom. The molecule has 0 radical (unpaired) electrons. The van der Waals surface area contributed by atoms with Crippen LogP contribution in [0.3, 0.4) is 0 Å². The van der Waals surface area contributed by atoms with E-state index in [1.165, 1.54) is 11.1 Å². The number of hydrogen-bond donors (Lipinski definition) is 0. The van der Waals surface area contributed by atoms with Crippen LogP contribution >= 0.6 is 0 Å². The largest absolute Gasteiger partial charge is 0.0801 e. The molecule has 0 spiro atoms. The molecule has 0 saturated heterocycles. The van der Waals surface area contributed by atoms with Crippen LogP contribution in [0.5, 0.6) is 0 Å². The molecule has 0 amide bonds. The zero-order chi connectivity index (χ0) is 8.55. The van der Waals surface area contributed by atoms with Crippen molar-refractivity contribution >= 4 is 0 Å². The van der Waals surface area contributed by atoms with E-state index in [2.05, 4.69) is 44.2 Å². The van der Waals surface area contributed by atoms with Gasteiger partial charge in [-0.1, -0.05) is 37.3 Å². The standard InChI is InChI=1S/C12H14/c1-9-7-8-10(2)12(9)11-5-3-4-6-11/h3-5,7-9H,6H2,1-2H3. The summed E-state index contributed by atoms with van der Waals surface area (Å²) in [7, 11) is 0. The maximum absolute atomic E-state index is 2.28. The molecular weight excluding hydrogens is 144 g/mol. The van der Waals surface area contributed by atoms with Crippen LogP contribution in [0.2, 0.25) is 0 Å². The molecule has 0 bridgehead atoms. The molecule has 1 unspecified atom stereocenters. The first-order chi connectivity index (χ1) is 5.79. The zero-order valence-corrected chi connectivity index (χ0v) is 7.67. The summed E-state index contributed by atoms with van der Waals surface area (Å²) in [4.78, 5) is 0. The Bertz CT molecular complexity index is 311. The zero-order valence-electron chi connectivity index (χ0n) is 7.67. The van der Waals surface area contributed by atoms with Gasteiger partial charge in [0.2, 0.25) is 0 Å². The molecule has 0 saturated carbocycles. The lowest BCUT2D eigenvalue weighted by Crippen LogP contribution is -1.95. The summed E-state index contributed by atoms with van der Waals surface area (Å²) in [6.07, 6.45) is 12.3. The highest BCUT2D eigenvalue weighted by molar-refractivity contribution is 5.50. The molecule has 2 rings (SSSR count). The van der Waals surface area contributed by atoms with Gasteiger partial charge >= 0.3 is 0 Å². The van der Waals surface area contributed by atoms with Crippen LogP contribution in [-0.4, -0.2) is 0 Å². The van der Waals surface area contributed by atoms with E-state index in [0.717, 1.165) is 6.42 Å². The third kappa shape index (κ3) is 1.08. The Hall–Kier alpha value is -1.04. The van der Waals surface area contributed by atoms with E-state index in [4.69, 9.17) is 0 Å². The van der Waals surface area contributed by atoms with Crippen LogP contribution in [0.1, 0.15) is 20.3 Å². The fourth-order valence-corrected chi connectivity index (χ4v) is 2.03. The van der Waals surface area contributed by atoms with Crippen molar-refractivity contribution in [2.75, 3.05) is 0 Å². The smallest absolute Gasteiger partial charge is 0.000176 e. The van der Waals surface area contributed by atoms with Gasteiger partial charge in [0, 0.05) is 0 Å². The molecular formula is C12H14. The molecule has 0 aromatic heterocycles. The van der Waals surface area contributed by atoms with Gasteiger partial charge in [0.1, 0.15) is 0 Å². The quantitative estimate of drug-likeness (QED) is 0.548. The second kappa shape index (κ2) is 2.78. The summed E-state index contributed by atoms with van der Waals surface area (Å²) in [6.45, 7) is 4.47. The van der Waals surface area contributed by atoms with Crippen molar-refractivity contribution < 1.29 is 0 Å². The molecule has 0 aromatic carbocycles. The summed E-state index contributed by atoms with van der Waals surface area (Å²) in [5.41, 5.74) is 4.49. The van der Waals surface area contributed by atoms with Crippen molar-refractivity contribution in [2.24, 2.45) is 5.92 Å². The molecule has 2 aliphatic rings. The highest BCUT2D eigenvalue weighted by Crippen LogP contribution is 2.33. The first-order valence-electron chi connectivity index (χ1n) is 4.54. The summed E-state index contributed by atoms with van der Waals surface area (Å²) in [5.74, 6) is 0.621. The summed E-state index contributed by atoms with van der Waals surface area (Å²) >= 11 is 0. The lowest BCUT2D eigenvalue weighted by Gasteiger charge is -2.10.